The van der Waals surface area contributed by atoms with Crippen molar-refractivity contribution < 1.29 is 18.3 Å². The van der Waals surface area contributed by atoms with Gasteiger partial charge in [-0.1, -0.05) is 42.5 Å². The number of aromatic nitrogens is 1. The second kappa shape index (κ2) is 10.1. The number of nitrogens with one attached hydrogen (secondary N) is 1. The summed E-state index contributed by atoms with van der Waals surface area (Å²) in [5.74, 6) is 0.647. The van der Waals surface area contributed by atoms with Gasteiger partial charge < -0.3 is 14.5 Å². The van der Waals surface area contributed by atoms with Gasteiger partial charge in [0.1, 0.15) is 5.75 Å². The van der Waals surface area contributed by atoms with Gasteiger partial charge in [0.05, 0.1) is 19.3 Å². The molecule has 1 N–H and O–H groups in total. The van der Waals surface area contributed by atoms with Gasteiger partial charge in [0.15, 0.2) is 0 Å². The molecule has 37 heavy (non-hydrogen) atoms. The van der Waals surface area contributed by atoms with E-state index in [1.54, 1.807) is 12.1 Å². The SMILES string of the molecule is O=c1[nH]c2ccc(-c3ccc(C4CCN(C5COC5)CC4)cc3)cc2cc1-c1ccc(OC(F)F)cc1. The van der Waals surface area contributed by atoms with Crippen LogP contribution in [0.25, 0.3) is 33.2 Å². The first-order valence-corrected chi connectivity index (χ1v) is 12.7. The molecular formula is C30H28F2N2O3. The highest BCUT2D eigenvalue weighted by molar-refractivity contribution is 5.87. The largest absolute Gasteiger partial charge is 0.435 e. The molecule has 5 nitrogen and oxygen atoms in total. The molecule has 0 amide bonds. The minimum atomic E-state index is -2.89. The molecule has 1 aromatic heterocycles. The number of hydrogen-bond donors (Lipinski definition) is 1. The Morgan fingerprint density at radius 2 is 1.54 bits per heavy atom. The molecule has 0 aliphatic carbocycles. The van der Waals surface area contributed by atoms with Crippen LogP contribution in [0, 0.1) is 0 Å². The maximum absolute atomic E-state index is 12.7. The average Bonchev–Trinajstić information content (AvgIpc) is 2.88. The molecule has 2 aliphatic heterocycles. The number of fused-ring (bicyclic) bond motifs is 1. The number of piperidine rings is 1. The number of halogens is 2. The van der Waals surface area contributed by atoms with Gasteiger partial charge in [-0.2, -0.15) is 8.78 Å². The molecule has 0 saturated carbocycles. The molecule has 0 atom stereocenters. The van der Waals surface area contributed by atoms with Crippen molar-refractivity contribution in [2.24, 2.45) is 0 Å². The quantitative estimate of drug-likeness (QED) is 0.349. The molecule has 4 aromatic rings. The summed E-state index contributed by atoms with van der Waals surface area (Å²) >= 11 is 0. The van der Waals surface area contributed by atoms with Crippen LogP contribution in [0.3, 0.4) is 0 Å². The predicted molar refractivity (Wildman–Crippen MR) is 140 cm³/mol. The van der Waals surface area contributed by atoms with Crippen LogP contribution in [-0.2, 0) is 4.74 Å². The van der Waals surface area contributed by atoms with Gasteiger partial charge in [0, 0.05) is 11.1 Å². The lowest BCUT2D eigenvalue weighted by atomic mass is 9.88. The maximum Gasteiger partial charge on any atom is 0.387 e. The number of hydrogen-bond acceptors (Lipinski definition) is 4. The Morgan fingerprint density at radius 3 is 2.19 bits per heavy atom. The number of rotatable bonds is 6. The summed E-state index contributed by atoms with van der Waals surface area (Å²) in [5.41, 5.74) is 5.20. The maximum atomic E-state index is 12.7. The van der Waals surface area contributed by atoms with Crippen LogP contribution >= 0.6 is 0 Å². The third-order valence-corrected chi connectivity index (χ3v) is 7.62. The first kappa shape index (κ1) is 23.8. The van der Waals surface area contributed by atoms with Gasteiger partial charge in [-0.3, -0.25) is 9.69 Å². The fourth-order valence-corrected chi connectivity index (χ4v) is 5.40. The fourth-order valence-electron chi connectivity index (χ4n) is 5.40. The Hall–Kier alpha value is -3.55. The first-order valence-electron chi connectivity index (χ1n) is 12.7. The molecule has 2 fully saturated rings. The van der Waals surface area contributed by atoms with E-state index < -0.39 is 6.61 Å². The van der Waals surface area contributed by atoms with E-state index in [0.717, 1.165) is 48.3 Å². The lowest BCUT2D eigenvalue weighted by Gasteiger charge is -2.41. The fraction of sp³-hybridized carbons (Fsp3) is 0.300. The van der Waals surface area contributed by atoms with Crippen molar-refractivity contribution in [2.75, 3.05) is 26.3 Å². The van der Waals surface area contributed by atoms with E-state index in [4.69, 9.17) is 4.74 Å². The third kappa shape index (κ3) is 5.02. The minimum Gasteiger partial charge on any atom is -0.435 e. The van der Waals surface area contributed by atoms with Crippen molar-refractivity contribution in [3.05, 3.63) is 88.7 Å². The Labute approximate surface area is 213 Å². The average molecular weight is 503 g/mol. The normalized spacial score (nSPS) is 17.3. The van der Waals surface area contributed by atoms with Crippen molar-refractivity contribution in [1.82, 2.24) is 9.88 Å². The Morgan fingerprint density at radius 1 is 0.865 bits per heavy atom. The van der Waals surface area contributed by atoms with Crippen LogP contribution in [0.1, 0.15) is 24.3 Å². The standard InChI is InChI=1S/C30H28F2N2O3/c31-30(32)37-26-8-5-22(6-9-26)27-16-24-15-23(7-10-28(24)33-29(27)35)20-3-1-19(2-4-20)21-11-13-34(14-12-21)25-17-36-18-25/h1-10,15-16,21,25,30H,11-14,17-18H2,(H,33,35). The first-order chi connectivity index (χ1) is 18.0. The van der Waals surface area contributed by atoms with Crippen molar-refractivity contribution in [3.8, 4) is 28.0 Å². The highest BCUT2D eigenvalue weighted by Crippen LogP contribution is 2.32. The molecule has 0 radical (unpaired) electrons. The molecule has 190 valence electrons. The topological polar surface area (TPSA) is 54.6 Å². The van der Waals surface area contributed by atoms with Gasteiger partial charge in [-0.25, -0.2) is 0 Å². The lowest BCUT2D eigenvalue weighted by Crippen LogP contribution is -2.51. The number of pyridine rings is 1. The lowest BCUT2D eigenvalue weighted by molar-refractivity contribution is -0.0712. The number of ether oxygens (including phenoxy) is 2. The summed E-state index contributed by atoms with van der Waals surface area (Å²) < 4.78 is 34.7. The molecule has 7 heteroatoms. The molecule has 3 aromatic carbocycles. The van der Waals surface area contributed by atoms with Crippen molar-refractivity contribution in [1.29, 1.82) is 0 Å². The molecule has 2 saturated heterocycles. The third-order valence-electron chi connectivity index (χ3n) is 7.62. The monoisotopic (exact) mass is 502 g/mol. The Kier molecular flexibility index (Phi) is 6.49. The van der Waals surface area contributed by atoms with E-state index in [1.165, 1.54) is 30.5 Å². The van der Waals surface area contributed by atoms with Gasteiger partial charge >= 0.3 is 6.61 Å². The van der Waals surface area contributed by atoms with Gasteiger partial charge in [-0.05, 0) is 89.8 Å². The molecule has 6 rings (SSSR count). The number of likely N-dealkylation sites (tertiary alicyclic amines) is 1. The second-order valence-corrected chi connectivity index (χ2v) is 9.84. The zero-order valence-electron chi connectivity index (χ0n) is 20.3. The van der Waals surface area contributed by atoms with Crippen molar-refractivity contribution in [3.63, 3.8) is 0 Å². The molecular weight excluding hydrogens is 474 g/mol. The number of benzene rings is 3. The van der Waals surface area contributed by atoms with Gasteiger partial charge in [-0.15, -0.1) is 0 Å². The Balaban J connectivity index is 1.21. The number of H-pyrrole nitrogens is 1. The van der Waals surface area contributed by atoms with Gasteiger partial charge in [0.25, 0.3) is 5.56 Å². The summed E-state index contributed by atoms with van der Waals surface area (Å²) in [5, 5.41) is 0.899. The zero-order valence-corrected chi connectivity index (χ0v) is 20.3. The van der Waals surface area contributed by atoms with E-state index in [2.05, 4.69) is 45.0 Å². The van der Waals surface area contributed by atoms with Crippen LogP contribution in [0.2, 0.25) is 0 Å². The van der Waals surface area contributed by atoms with Crippen LogP contribution in [0.15, 0.2) is 77.6 Å². The van der Waals surface area contributed by atoms with Crippen LogP contribution < -0.4 is 10.3 Å². The van der Waals surface area contributed by atoms with Gasteiger partial charge in [0.2, 0.25) is 0 Å². The summed E-state index contributed by atoms with van der Waals surface area (Å²) in [4.78, 5) is 18.2. The number of aromatic amines is 1. The summed E-state index contributed by atoms with van der Waals surface area (Å²) in [7, 11) is 0. The molecule has 0 bridgehead atoms. The molecule has 2 aliphatic rings. The number of alkyl halides is 2. The molecule has 0 unspecified atom stereocenters. The summed E-state index contributed by atoms with van der Waals surface area (Å²) in [6.45, 7) is 1.14. The van der Waals surface area contributed by atoms with Crippen molar-refractivity contribution >= 4 is 10.9 Å². The second-order valence-electron chi connectivity index (χ2n) is 9.84. The van der Waals surface area contributed by atoms with E-state index in [1.807, 2.05) is 18.2 Å². The minimum absolute atomic E-state index is 0.0558. The van der Waals surface area contributed by atoms with E-state index in [0.29, 0.717) is 23.1 Å². The van der Waals surface area contributed by atoms with E-state index in [9.17, 15) is 13.6 Å². The van der Waals surface area contributed by atoms with Crippen LogP contribution in [0.4, 0.5) is 8.78 Å². The molecule has 3 heterocycles. The zero-order chi connectivity index (χ0) is 25.4. The van der Waals surface area contributed by atoms with E-state index in [-0.39, 0.29) is 11.3 Å². The smallest absolute Gasteiger partial charge is 0.387 e. The number of nitrogens with zero attached hydrogens (tertiary/aromatic N) is 1. The highest BCUT2D eigenvalue weighted by Gasteiger charge is 2.30. The van der Waals surface area contributed by atoms with Crippen molar-refractivity contribution in [2.45, 2.75) is 31.4 Å². The predicted octanol–water partition coefficient (Wildman–Crippen LogP) is 6.04. The summed E-state index contributed by atoms with van der Waals surface area (Å²) in [6.07, 6.45) is 2.36. The molecule has 0 spiro atoms. The summed E-state index contributed by atoms with van der Waals surface area (Å²) in [6, 6.07) is 23.4. The van der Waals surface area contributed by atoms with Crippen LogP contribution in [-0.4, -0.2) is 48.8 Å². The Bertz CT molecular complexity index is 1440. The van der Waals surface area contributed by atoms with Crippen LogP contribution in [0.5, 0.6) is 5.75 Å². The highest BCUT2D eigenvalue weighted by atomic mass is 19.3. The van der Waals surface area contributed by atoms with E-state index >= 15 is 0 Å².